The normalized spacial score (nSPS) is 34.4. The predicted molar refractivity (Wildman–Crippen MR) is 44.6 cm³/mol. The maximum absolute atomic E-state index is 5.45. The summed E-state index contributed by atoms with van der Waals surface area (Å²) in [5.41, 5.74) is 6.35. The van der Waals surface area contributed by atoms with Gasteiger partial charge in [0.05, 0.1) is 19.5 Å². The molecular weight excluding hydrogens is 156 g/mol. The van der Waals surface area contributed by atoms with Crippen molar-refractivity contribution in [3.05, 3.63) is 11.8 Å². The van der Waals surface area contributed by atoms with Crippen molar-refractivity contribution in [3.8, 4) is 0 Å². The van der Waals surface area contributed by atoms with Gasteiger partial charge in [-0.15, -0.1) is 0 Å². The molecule has 0 aromatic heterocycles. The Bertz CT molecular complexity index is 260. The van der Waals surface area contributed by atoms with Gasteiger partial charge in [-0.25, -0.2) is 4.99 Å². The number of amidine groups is 1. The van der Waals surface area contributed by atoms with Gasteiger partial charge in [0, 0.05) is 0 Å². The standard InChI is InChI=1S/C8H12N2O2/c1-8-5-11-3-2-6(8)4-12-7(9)10-8/h4H,2-3,5H2,1H3,(H2,9,10). The van der Waals surface area contributed by atoms with Gasteiger partial charge in [-0.2, -0.15) is 0 Å². The maximum atomic E-state index is 5.45. The van der Waals surface area contributed by atoms with Crippen LogP contribution in [0.5, 0.6) is 0 Å². The summed E-state index contributed by atoms with van der Waals surface area (Å²) < 4.78 is 10.4. The largest absolute Gasteiger partial charge is 0.434 e. The molecule has 2 aliphatic rings. The monoisotopic (exact) mass is 168 g/mol. The zero-order valence-electron chi connectivity index (χ0n) is 7.04. The number of hydrogen-bond acceptors (Lipinski definition) is 4. The zero-order chi connectivity index (χ0) is 8.60. The molecule has 0 aromatic rings. The lowest BCUT2D eigenvalue weighted by atomic mass is 9.90. The van der Waals surface area contributed by atoms with Gasteiger partial charge in [0.1, 0.15) is 5.54 Å². The summed E-state index contributed by atoms with van der Waals surface area (Å²) in [6, 6.07) is 0.228. The number of nitrogens with zero attached hydrogens (tertiary/aromatic N) is 1. The van der Waals surface area contributed by atoms with Crippen LogP contribution in [0.3, 0.4) is 0 Å². The highest BCUT2D eigenvalue weighted by molar-refractivity contribution is 5.74. The molecule has 1 fully saturated rings. The van der Waals surface area contributed by atoms with E-state index in [2.05, 4.69) is 4.99 Å². The molecule has 2 rings (SSSR count). The Labute approximate surface area is 71.1 Å². The van der Waals surface area contributed by atoms with Crippen molar-refractivity contribution in [1.82, 2.24) is 0 Å². The van der Waals surface area contributed by atoms with Crippen LogP contribution in [-0.4, -0.2) is 24.8 Å². The van der Waals surface area contributed by atoms with Gasteiger partial charge >= 0.3 is 0 Å². The summed E-state index contributed by atoms with van der Waals surface area (Å²) in [7, 11) is 0. The SMILES string of the molecule is CC12COCCC1=COC(N)=N2. The van der Waals surface area contributed by atoms with E-state index in [9.17, 15) is 0 Å². The highest BCUT2D eigenvalue weighted by Gasteiger charge is 2.35. The molecule has 4 heteroatoms. The van der Waals surface area contributed by atoms with Crippen molar-refractivity contribution in [2.75, 3.05) is 13.2 Å². The lowest BCUT2D eigenvalue weighted by Gasteiger charge is -2.34. The number of rotatable bonds is 0. The van der Waals surface area contributed by atoms with E-state index < -0.39 is 0 Å². The number of nitrogens with two attached hydrogens (primary N) is 1. The maximum Gasteiger partial charge on any atom is 0.287 e. The number of hydrogen-bond donors (Lipinski definition) is 1. The number of aliphatic imine (C=N–C) groups is 1. The van der Waals surface area contributed by atoms with Gasteiger partial charge in [-0.05, 0) is 18.9 Å². The molecule has 2 N–H and O–H groups in total. The Balaban J connectivity index is 2.29. The quantitative estimate of drug-likeness (QED) is 0.569. The fourth-order valence-corrected chi connectivity index (χ4v) is 1.51. The van der Waals surface area contributed by atoms with E-state index in [1.165, 1.54) is 5.57 Å². The molecule has 1 atom stereocenters. The van der Waals surface area contributed by atoms with Gasteiger partial charge in [0.15, 0.2) is 0 Å². The Morgan fingerprint density at radius 1 is 1.67 bits per heavy atom. The predicted octanol–water partition coefficient (Wildman–Crippen LogP) is 0.394. The minimum absolute atomic E-state index is 0.228. The van der Waals surface area contributed by atoms with Crippen molar-refractivity contribution in [2.24, 2.45) is 10.7 Å². The second-order valence-electron chi connectivity index (χ2n) is 3.29. The average Bonchev–Trinajstić information content (AvgIpc) is 2.02. The van der Waals surface area contributed by atoms with E-state index in [-0.39, 0.29) is 11.6 Å². The first-order chi connectivity index (χ1) is 5.71. The molecule has 12 heavy (non-hydrogen) atoms. The molecule has 0 saturated carbocycles. The summed E-state index contributed by atoms with van der Waals surface area (Å²) in [6.45, 7) is 3.36. The summed E-state index contributed by atoms with van der Waals surface area (Å²) >= 11 is 0. The van der Waals surface area contributed by atoms with E-state index in [4.69, 9.17) is 15.2 Å². The Hall–Kier alpha value is -1.03. The molecule has 2 aliphatic heterocycles. The molecule has 0 aliphatic carbocycles. The molecule has 0 spiro atoms. The van der Waals surface area contributed by atoms with Crippen LogP contribution < -0.4 is 5.73 Å². The van der Waals surface area contributed by atoms with E-state index >= 15 is 0 Å². The van der Waals surface area contributed by atoms with Crippen molar-refractivity contribution >= 4 is 6.02 Å². The van der Waals surface area contributed by atoms with Crippen LogP contribution in [0.1, 0.15) is 13.3 Å². The zero-order valence-corrected chi connectivity index (χ0v) is 7.04. The van der Waals surface area contributed by atoms with Crippen molar-refractivity contribution in [2.45, 2.75) is 18.9 Å². The topological polar surface area (TPSA) is 56.8 Å². The highest BCUT2D eigenvalue weighted by atomic mass is 16.5. The molecule has 66 valence electrons. The first-order valence-electron chi connectivity index (χ1n) is 4.00. The van der Waals surface area contributed by atoms with Crippen LogP contribution in [-0.2, 0) is 9.47 Å². The Morgan fingerprint density at radius 3 is 3.33 bits per heavy atom. The Morgan fingerprint density at radius 2 is 2.50 bits per heavy atom. The van der Waals surface area contributed by atoms with Crippen LogP contribution in [0.25, 0.3) is 0 Å². The van der Waals surface area contributed by atoms with E-state index in [1.54, 1.807) is 6.26 Å². The second kappa shape index (κ2) is 2.48. The Kier molecular flexibility index (Phi) is 1.58. The molecule has 0 amide bonds. The van der Waals surface area contributed by atoms with Crippen LogP contribution in [0.4, 0.5) is 0 Å². The number of ether oxygens (including phenoxy) is 2. The molecule has 1 saturated heterocycles. The van der Waals surface area contributed by atoms with Gasteiger partial charge in [-0.3, -0.25) is 0 Å². The van der Waals surface area contributed by atoms with E-state index in [1.807, 2.05) is 6.92 Å². The van der Waals surface area contributed by atoms with Crippen molar-refractivity contribution in [3.63, 3.8) is 0 Å². The lowest BCUT2D eigenvalue weighted by molar-refractivity contribution is 0.0718. The first-order valence-corrected chi connectivity index (χ1v) is 4.00. The smallest absolute Gasteiger partial charge is 0.287 e. The highest BCUT2D eigenvalue weighted by Crippen LogP contribution is 2.31. The third-order valence-corrected chi connectivity index (χ3v) is 2.27. The third kappa shape index (κ3) is 1.08. The summed E-state index contributed by atoms with van der Waals surface area (Å²) in [5.74, 6) is 0. The molecule has 2 heterocycles. The molecule has 0 radical (unpaired) electrons. The first kappa shape index (κ1) is 7.61. The minimum Gasteiger partial charge on any atom is -0.434 e. The second-order valence-corrected chi connectivity index (χ2v) is 3.29. The molecule has 1 unspecified atom stereocenters. The third-order valence-electron chi connectivity index (χ3n) is 2.27. The fourth-order valence-electron chi connectivity index (χ4n) is 1.51. The van der Waals surface area contributed by atoms with Crippen LogP contribution >= 0.6 is 0 Å². The molecule has 4 nitrogen and oxygen atoms in total. The van der Waals surface area contributed by atoms with Crippen LogP contribution in [0, 0.1) is 0 Å². The lowest BCUT2D eigenvalue weighted by Crippen LogP contribution is -2.41. The average molecular weight is 168 g/mol. The van der Waals surface area contributed by atoms with Crippen LogP contribution in [0.15, 0.2) is 16.8 Å². The van der Waals surface area contributed by atoms with Gasteiger partial charge in [0.25, 0.3) is 6.02 Å². The molecule has 0 bridgehead atoms. The molecular formula is C8H12N2O2. The number of fused-ring (bicyclic) bond motifs is 1. The fraction of sp³-hybridized carbons (Fsp3) is 0.625. The van der Waals surface area contributed by atoms with E-state index in [0.717, 1.165) is 13.0 Å². The van der Waals surface area contributed by atoms with Crippen molar-refractivity contribution in [1.29, 1.82) is 0 Å². The van der Waals surface area contributed by atoms with Crippen molar-refractivity contribution < 1.29 is 9.47 Å². The van der Waals surface area contributed by atoms with Gasteiger partial charge < -0.3 is 15.2 Å². The van der Waals surface area contributed by atoms with E-state index in [0.29, 0.717) is 6.61 Å². The summed E-state index contributed by atoms with van der Waals surface area (Å²) in [4.78, 5) is 4.22. The summed E-state index contributed by atoms with van der Waals surface area (Å²) in [5, 5.41) is 0. The summed E-state index contributed by atoms with van der Waals surface area (Å²) in [6.07, 6.45) is 2.58. The molecule has 0 aromatic carbocycles. The minimum atomic E-state index is -0.277. The van der Waals surface area contributed by atoms with Crippen LogP contribution in [0.2, 0.25) is 0 Å². The van der Waals surface area contributed by atoms with Gasteiger partial charge in [-0.1, -0.05) is 0 Å². The van der Waals surface area contributed by atoms with Gasteiger partial charge in [0.2, 0.25) is 0 Å².